The van der Waals surface area contributed by atoms with E-state index < -0.39 is 10.2 Å². The fourth-order valence-corrected chi connectivity index (χ4v) is 5.88. The van der Waals surface area contributed by atoms with Gasteiger partial charge in [-0.15, -0.1) is 0 Å². The molecule has 1 aromatic heterocycles. The Bertz CT molecular complexity index is 702. The van der Waals surface area contributed by atoms with Crippen LogP contribution in [0, 0.1) is 0 Å². The van der Waals surface area contributed by atoms with Crippen LogP contribution in [0.1, 0.15) is 43.7 Å². The van der Waals surface area contributed by atoms with Crippen LogP contribution in [0.2, 0.25) is 0 Å². The van der Waals surface area contributed by atoms with Crippen LogP contribution >= 0.6 is 0 Å². The minimum atomic E-state index is -3.35. The molecule has 2 aliphatic heterocycles. The molecule has 2 saturated heterocycles. The van der Waals surface area contributed by atoms with Crippen molar-refractivity contribution in [2.24, 2.45) is 0 Å². The van der Waals surface area contributed by atoms with Gasteiger partial charge in [0.2, 0.25) is 0 Å². The molecule has 0 spiro atoms. The Hall–Kier alpha value is -1.00. The molecule has 0 atom stereocenters. The van der Waals surface area contributed by atoms with Gasteiger partial charge in [-0.1, -0.05) is 19.3 Å². The Morgan fingerprint density at radius 2 is 1.63 bits per heavy atom. The fourth-order valence-electron chi connectivity index (χ4n) is 4.32. The molecule has 3 fully saturated rings. The minimum absolute atomic E-state index is 0.461. The van der Waals surface area contributed by atoms with E-state index in [1.807, 2.05) is 6.20 Å². The largest absolute Gasteiger partial charge is 0.379 e. The molecule has 27 heavy (non-hydrogen) atoms. The first-order valence-corrected chi connectivity index (χ1v) is 11.6. The molecule has 0 N–H and O–H groups in total. The molecule has 152 valence electrons. The van der Waals surface area contributed by atoms with Crippen molar-refractivity contribution in [2.45, 2.75) is 44.7 Å². The van der Waals surface area contributed by atoms with Crippen molar-refractivity contribution in [3.63, 3.8) is 0 Å². The highest BCUT2D eigenvalue weighted by atomic mass is 32.2. The molecule has 3 aliphatic rings. The number of aromatic nitrogens is 2. The molecule has 4 rings (SSSR count). The average molecular weight is 398 g/mol. The second-order valence-corrected chi connectivity index (χ2v) is 9.74. The van der Waals surface area contributed by atoms with Crippen LogP contribution < -0.4 is 0 Å². The van der Waals surface area contributed by atoms with Crippen molar-refractivity contribution in [1.82, 2.24) is 23.3 Å². The summed E-state index contributed by atoms with van der Waals surface area (Å²) in [7, 11) is -3.35. The lowest BCUT2D eigenvalue weighted by molar-refractivity contribution is 0.0684. The topological polar surface area (TPSA) is 70.9 Å². The van der Waals surface area contributed by atoms with E-state index in [1.165, 1.54) is 37.7 Å². The number of morpholine rings is 1. The molecule has 3 heterocycles. The smallest absolute Gasteiger partial charge is 0.282 e. The number of nitrogens with zero attached hydrogens (tertiary/aromatic N) is 5. The Labute approximate surface area is 162 Å². The zero-order valence-corrected chi connectivity index (χ0v) is 16.8. The zero-order valence-electron chi connectivity index (χ0n) is 16.0. The number of hydrogen-bond donors (Lipinski definition) is 0. The Balaban J connectivity index is 1.29. The van der Waals surface area contributed by atoms with Gasteiger partial charge in [0.05, 0.1) is 25.5 Å². The lowest BCUT2D eigenvalue weighted by Gasteiger charge is -2.37. The number of ether oxygens (including phenoxy) is 1. The summed E-state index contributed by atoms with van der Waals surface area (Å²) in [6.07, 6.45) is 10.6. The van der Waals surface area contributed by atoms with E-state index in [4.69, 9.17) is 4.74 Å². The van der Waals surface area contributed by atoms with E-state index in [9.17, 15) is 8.42 Å². The molecule has 1 aromatic rings. The van der Waals surface area contributed by atoms with Gasteiger partial charge in [0.1, 0.15) is 0 Å². The van der Waals surface area contributed by atoms with Crippen molar-refractivity contribution in [3.8, 4) is 0 Å². The molecular formula is C18H31N5O3S. The van der Waals surface area contributed by atoms with Crippen LogP contribution in [-0.2, 0) is 21.5 Å². The van der Waals surface area contributed by atoms with E-state index in [0.29, 0.717) is 45.4 Å². The van der Waals surface area contributed by atoms with Crippen LogP contribution in [-0.4, -0.2) is 84.2 Å². The molecular weight excluding hydrogens is 366 g/mol. The van der Waals surface area contributed by atoms with Crippen LogP contribution in [0.15, 0.2) is 12.4 Å². The van der Waals surface area contributed by atoms with Crippen LogP contribution in [0.4, 0.5) is 0 Å². The van der Waals surface area contributed by atoms with E-state index in [0.717, 1.165) is 19.6 Å². The van der Waals surface area contributed by atoms with Crippen LogP contribution in [0.3, 0.4) is 0 Å². The number of hydrogen-bond acceptors (Lipinski definition) is 5. The normalized spacial score (nSPS) is 25.0. The van der Waals surface area contributed by atoms with Crippen molar-refractivity contribution < 1.29 is 13.2 Å². The van der Waals surface area contributed by atoms with Crippen molar-refractivity contribution in [2.75, 3.05) is 52.5 Å². The minimum Gasteiger partial charge on any atom is -0.379 e. The summed E-state index contributed by atoms with van der Waals surface area (Å²) in [6.45, 7) is 5.38. The Morgan fingerprint density at radius 3 is 2.33 bits per heavy atom. The third kappa shape index (κ3) is 4.54. The second-order valence-electron chi connectivity index (χ2n) is 7.81. The van der Waals surface area contributed by atoms with E-state index in [-0.39, 0.29) is 0 Å². The predicted molar refractivity (Wildman–Crippen MR) is 103 cm³/mol. The van der Waals surface area contributed by atoms with Gasteiger partial charge in [-0.25, -0.2) is 0 Å². The molecule has 0 radical (unpaired) electrons. The first kappa shape index (κ1) is 19.3. The van der Waals surface area contributed by atoms with E-state index in [2.05, 4.69) is 20.9 Å². The van der Waals surface area contributed by atoms with Crippen LogP contribution in [0.5, 0.6) is 0 Å². The zero-order chi connectivity index (χ0) is 18.7. The molecule has 0 unspecified atom stereocenters. The van der Waals surface area contributed by atoms with Crippen LogP contribution in [0.25, 0.3) is 0 Å². The summed E-state index contributed by atoms with van der Waals surface area (Å²) in [6, 6.07) is 0.558. The SMILES string of the molecule is O=S(=O)(N1CCOCC1)N1CCN(Cc2cnn(C3CCCCC3)c2)CC1. The summed E-state index contributed by atoms with van der Waals surface area (Å²) in [4.78, 5) is 2.33. The maximum atomic E-state index is 12.7. The van der Waals surface area contributed by atoms with Gasteiger partial charge in [0, 0.05) is 57.6 Å². The Morgan fingerprint density at radius 1 is 0.963 bits per heavy atom. The summed E-state index contributed by atoms with van der Waals surface area (Å²) in [5.41, 5.74) is 1.23. The molecule has 8 nitrogen and oxygen atoms in total. The first-order chi connectivity index (χ1) is 13.1. The van der Waals surface area contributed by atoms with Crippen molar-refractivity contribution in [1.29, 1.82) is 0 Å². The lowest BCUT2D eigenvalue weighted by Crippen LogP contribution is -2.54. The highest BCUT2D eigenvalue weighted by molar-refractivity contribution is 7.86. The maximum absolute atomic E-state index is 12.7. The summed E-state index contributed by atoms with van der Waals surface area (Å²) in [5, 5.41) is 4.59. The van der Waals surface area contributed by atoms with Crippen molar-refractivity contribution in [3.05, 3.63) is 18.0 Å². The quantitative estimate of drug-likeness (QED) is 0.744. The standard InChI is InChI=1S/C18H31N5O3S/c24-27(25,22-10-12-26-13-11-22)21-8-6-20(7-9-21)15-17-14-19-23(16-17)18-4-2-1-3-5-18/h14,16,18H,1-13,15H2. The summed E-state index contributed by atoms with van der Waals surface area (Å²) < 4.78 is 36.1. The molecule has 0 bridgehead atoms. The predicted octanol–water partition coefficient (Wildman–Crippen LogP) is 1.08. The molecule has 1 saturated carbocycles. The molecule has 0 aromatic carbocycles. The highest BCUT2D eigenvalue weighted by Crippen LogP contribution is 2.27. The van der Waals surface area contributed by atoms with Gasteiger partial charge in [-0.05, 0) is 12.8 Å². The van der Waals surface area contributed by atoms with E-state index >= 15 is 0 Å². The second kappa shape index (κ2) is 8.57. The fraction of sp³-hybridized carbons (Fsp3) is 0.833. The van der Waals surface area contributed by atoms with E-state index in [1.54, 1.807) is 8.61 Å². The average Bonchev–Trinajstić information content (AvgIpc) is 3.18. The summed E-state index contributed by atoms with van der Waals surface area (Å²) in [5.74, 6) is 0. The van der Waals surface area contributed by atoms with Gasteiger partial charge >= 0.3 is 0 Å². The van der Waals surface area contributed by atoms with Gasteiger partial charge in [0.25, 0.3) is 10.2 Å². The van der Waals surface area contributed by atoms with Gasteiger partial charge in [-0.2, -0.15) is 22.1 Å². The third-order valence-electron chi connectivity index (χ3n) is 5.96. The number of piperazine rings is 1. The molecule has 1 aliphatic carbocycles. The monoisotopic (exact) mass is 397 g/mol. The molecule has 9 heteroatoms. The lowest BCUT2D eigenvalue weighted by atomic mass is 9.96. The highest BCUT2D eigenvalue weighted by Gasteiger charge is 2.33. The van der Waals surface area contributed by atoms with Crippen molar-refractivity contribution >= 4 is 10.2 Å². The first-order valence-electron chi connectivity index (χ1n) is 10.2. The number of rotatable bonds is 5. The molecule has 0 amide bonds. The maximum Gasteiger partial charge on any atom is 0.282 e. The third-order valence-corrected chi connectivity index (χ3v) is 8.00. The summed E-state index contributed by atoms with van der Waals surface area (Å²) >= 11 is 0. The van der Waals surface area contributed by atoms with Gasteiger partial charge in [-0.3, -0.25) is 9.58 Å². The van der Waals surface area contributed by atoms with Gasteiger partial charge in [0.15, 0.2) is 0 Å². The van der Waals surface area contributed by atoms with Gasteiger partial charge < -0.3 is 4.74 Å². The Kier molecular flexibility index (Phi) is 6.13.